The van der Waals surface area contributed by atoms with E-state index in [1.54, 1.807) is 0 Å². The average molecular weight is 168 g/mol. The molecule has 5 heteroatoms. The molecule has 0 saturated carbocycles. The molecule has 0 aliphatic carbocycles. The summed E-state index contributed by atoms with van der Waals surface area (Å²) >= 11 is -4.56. The molecule has 0 aromatic carbocycles. The fourth-order valence-electron chi connectivity index (χ4n) is 0.0971. The van der Waals surface area contributed by atoms with Crippen LogP contribution in [0.1, 0.15) is 0 Å². The van der Waals surface area contributed by atoms with Crippen LogP contribution in [-0.4, -0.2) is 28.7 Å². The molecule has 0 amide bonds. The molecule has 0 fully saturated rings. The quantitative estimate of drug-likeness (QED) is 0.390. The normalized spacial score (nSPS) is 11.1. The zero-order valence-corrected chi connectivity index (χ0v) is 5.32. The van der Waals surface area contributed by atoms with Gasteiger partial charge in [-0.25, -0.2) is 0 Å². The van der Waals surface area contributed by atoms with E-state index < -0.39 is 19.4 Å². The van der Waals surface area contributed by atoms with Gasteiger partial charge in [0.1, 0.15) is 0 Å². The van der Waals surface area contributed by atoms with E-state index in [0.717, 1.165) is 0 Å². The number of hydrogen-bond acceptors (Lipinski definition) is 2. The van der Waals surface area contributed by atoms with Crippen LogP contribution in [0, 0.1) is 0 Å². The second kappa shape index (κ2) is 2.31. The van der Waals surface area contributed by atoms with E-state index in [4.69, 9.17) is 8.19 Å². The third-order valence-corrected chi connectivity index (χ3v) is 1.62. The van der Waals surface area contributed by atoms with Crippen LogP contribution < -0.4 is 0 Å². The van der Waals surface area contributed by atoms with E-state index in [2.05, 4.69) is 0 Å². The molecule has 0 aliphatic rings. The van der Waals surface area contributed by atoms with Crippen molar-refractivity contribution >= 4 is 20.5 Å². The molecule has 42 valence electrons. The molecule has 7 heavy (non-hydrogen) atoms. The van der Waals surface area contributed by atoms with Gasteiger partial charge in [0, 0.05) is 0 Å². The summed E-state index contributed by atoms with van der Waals surface area (Å²) in [5, 5.41) is -0.613. The topological polar surface area (TPSA) is 74.6 Å². The number of hydrogen-bond donors (Lipinski definition) is 2. The molecule has 0 unspecified atom stereocenters. The Morgan fingerprint density at radius 3 is 2.00 bits per heavy atom. The van der Waals surface area contributed by atoms with Gasteiger partial charge in [-0.1, -0.05) is 0 Å². The Labute approximate surface area is 43.2 Å². The first kappa shape index (κ1) is 6.95. The van der Waals surface area contributed by atoms with Gasteiger partial charge in [-0.05, 0) is 0 Å². The van der Waals surface area contributed by atoms with Crippen molar-refractivity contribution in [2.75, 3.05) is 0 Å². The SMILES string of the molecule is O=CC[As](=O)(O)O. The summed E-state index contributed by atoms with van der Waals surface area (Å²) in [6.45, 7) is 0. The van der Waals surface area contributed by atoms with Crippen LogP contribution in [-0.2, 0) is 8.53 Å². The third kappa shape index (κ3) is 5.95. The second-order valence-electron chi connectivity index (χ2n) is 1.01. The van der Waals surface area contributed by atoms with Gasteiger partial charge >= 0.3 is 42.4 Å². The summed E-state index contributed by atoms with van der Waals surface area (Å²) in [7, 11) is 0. The number of aldehydes is 1. The van der Waals surface area contributed by atoms with E-state index in [0.29, 0.717) is 0 Å². The Morgan fingerprint density at radius 1 is 1.57 bits per heavy atom. The molecule has 4 nitrogen and oxygen atoms in total. The minimum atomic E-state index is -4.56. The Hall–Kier alpha value is -0.0516. The van der Waals surface area contributed by atoms with Crippen molar-refractivity contribution in [2.45, 2.75) is 5.21 Å². The van der Waals surface area contributed by atoms with Gasteiger partial charge in [0.15, 0.2) is 0 Å². The first-order chi connectivity index (χ1) is 3.06. The fourth-order valence-corrected chi connectivity index (χ4v) is 0.505. The van der Waals surface area contributed by atoms with Gasteiger partial charge in [0.2, 0.25) is 0 Å². The fraction of sp³-hybridized carbons (Fsp3) is 0.500. The van der Waals surface area contributed by atoms with Crippen molar-refractivity contribution in [1.29, 1.82) is 0 Å². The van der Waals surface area contributed by atoms with E-state index in [9.17, 15) is 8.53 Å². The molecular weight excluding hydrogens is 163 g/mol. The van der Waals surface area contributed by atoms with E-state index in [1.807, 2.05) is 0 Å². The molecule has 2 N–H and O–H groups in total. The maximum atomic E-state index is 9.76. The van der Waals surface area contributed by atoms with Crippen molar-refractivity contribution in [3.63, 3.8) is 0 Å². The molecule has 0 radical (unpaired) electrons. The molecule has 0 aromatic heterocycles. The number of carbonyl (C=O) groups is 1. The van der Waals surface area contributed by atoms with Crippen LogP contribution in [0.15, 0.2) is 0 Å². The Morgan fingerprint density at radius 2 is 2.00 bits per heavy atom. The predicted molar refractivity (Wildman–Crippen MR) is 21.7 cm³/mol. The summed E-state index contributed by atoms with van der Waals surface area (Å²) in [5.41, 5.74) is 0. The maximum absolute atomic E-state index is 9.76. The summed E-state index contributed by atoms with van der Waals surface area (Å²) in [6, 6.07) is 0. The van der Waals surface area contributed by atoms with Crippen LogP contribution in [0.25, 0.3) is 0 Å². The van der Waals surface area contributed by atoms with E-state index in [-0.39, 0.29) is 6.29 Å². The molecule has 0 bridgehead atoms. The Kier molecular flexibility index (Phi) is 2.29. The van der Waals surface area contributed by atoms with E-state index >= 15 is 0 Å². The van der Waals surface area contributed by atoms with Crippen LogP contribution >= 0.6 is 0 Å². The van der Waals surface area contributed by atoms with Gasteiger partial charge in [-0.2, -0.15) is 0 Å². The van der Waals surface area contributed by atoms with Gasteiger partial charge in [-0.3, -0.25) is 0 Å². The zero-order chi connectivity index (χ0) is 5.91. The van der Waals surface area contributed by atoms with Crippen LogP contribution in [0.4, 0.5) is 0 Å². The average Bonchev–Trinajstić information content (AvgIpc) is 1.30. The first-order valence-corrected chi connectivity index (χ1v) is 5.31. The van der Waals surface area contributed by atoms with Gasteiger partial charge in [-0.15, -0.1) is 0 Å². The van der Waals surface area contributed by atoms with E-state index in [1.165, 1.54) is 0 Å². The standard InChI is InChI=1S/C2H5AsO4/c4-2-1-3(5,6)7/h2H,1H2,(H2,5,6,7). The molecule has 0 heterocycles. The first-order valence-electron chi connectivity index (χ1n) is 1.54. The second-order valence-corrected chi connectivity index (χ2v) is 4.57. The summed E-state index contributed by atoms with van der Waals surface area (Å²) in [6.07, 6.45) is 0.222. The third-order valence-electron chi connectivity index (χ3n) is 0.312. The van der Waals surface area contributed by atoms with Gasteiger partial charge in [0.25, 0.3) is 0 Å². The monoisotopic (exact) mass is 168 g/mol. The summed E-state index contributed by atoms with van der Waals surface area (Å²) in [4.78, 5) is 9.34. The van der Waals surface area contributed by atoms with Gasteiger partial charge in [0.05, 0.1) is 0 Å². The van der Waals surface area contributed by atoms with Crippen molar-refractivity contribution in [2.24, 2.45) is 0 Å². The van der Waals surface area contributed by atoms with Crippen molar-refractivity contribution < 1.29 is 16.7 Å². The molecule has 0 aromatic rings. The van der Waals surface area contributed by atoms with Crippen molar-refractivity contribution in [3.8, 4) is 0 Å². The summed E-state index contributed by atoms with van der Waals surface area (Å²) < 4.78 is 25.7. The van der Waals surface area contributed by atoms with Crippen molar-refractivity contribution in [1.82, 2.24) is 0 Å². The van der Waals surface area contributed by atoms with Crippen LogP contribution in [0.5, 0.6) is 0 Å². The van der Waals surface area contributed by atoms with Crippen LogP contribution in [0.3, 0.4) is 0 Å². The molecule has 0 rings (SSSR count). The molecule has 0 spiro atoms. The molecular formula is C2H5AsO4. The van der Waals surface area contributed by atoms with Gasteiger partial charge < -0.3 is 0 Å². The Bertz CT molecular complexity index is 102. The predicted octanol–water partition coefficient (Wildman–Crippen LogP) is -1.46. The molecule has 0 saturated heterocycles. The minimum absolute atomic E-state index is 0.222. The van der Waals surface area contributed by atoms with Crippen molar-refractivity contribution in [3.05, 3.63) is 0 Å². The zero-order valence-electron chi connectivity index (χ0n) is 3.44. The molecule has 0 aliphatic heterocycles. The summed E-state index contributed by atoms with van der Waals surface area (Å²) in [5.74, 6) is 0. The molecule has 0 atom stereocenters. The van der Waals surface area contributed by atoms with Crippen LogP contribution in [0.2, 0.25) is 5.21 Å². The number of rotatable bonds is 2. The Balaban J connectivity index is 3.57. The number of carbonyl (C=O) groups excluding carboxylic acids is 1.